The van der Waals surface area contributed by atoms with Crippen molar-refractivity contribution < 1.29 is 0 Å². The van der Waals surface area contributed by atoms with E-state index in [1.165, 1.54) is 40.7 Å². The van der Waals surface area contributed by atoms with Gasteiger partial charge in [-0.3, -0.25) is 0 Å². The molecule has 0 amide bonds. The fourth-order valence-electron chi connectivity index (χ4n) is 2.82. The normalized spacial score (nSPS) is 18.9. The van der Waals surface area contributed by atoms with Crippen LogP contribution < -0.4 is 0 Å². The highest BCUT2D eigenvalue weighted by Crippen LogP contribution is 2.36. The van der Waals surface area contributed by atoms with E-state index in [0.29, 0.717) is 0 Å². The molecule has 0 N–H and O–H groups in total. The Kier molecular flexibility index (Phi) is 4.32. The highest BCUT2D eigenvalue weighted by molar-refractivity contribution is 5.80. The summed E-state index contributed by atoms with van der Waals surface area (Å²) in [6, 6.07) is 9.04. The van der Waals surface area contributed by atoms with E-state index in [0.717, 1.165) is 6.42 Å². The van der Waals surface area contributed by atoms with Crippen LogP contribution in [0.4, 0.5) is 0 Å². The lowest BCUT2D eigenvalue weighted by Gasteiger charge is -2.19. The smallest absolute Gasteiger partial charge is 0.0132 e. The molecule has 0 heteroatoms. The molecule has 1 aromatic carbocycles. The van der Waals surface area contributed by atoms with Gasteiger partial charge in [0.05, 0.1) is 0 Å². The second kappa shape index (κ2) is 5.83. The minimum atomic E-state index is 0.212. The quantitative estimate of drug-likeness (QED) is 0.611. The van der Waals surface area contributed by atoms with Gasteiger partial charge in [0.15, 0.2) is 0 Å². The molecule has 106 valence electrons. The standard InChI is InChI=1S/C20H26/c1-6-8-19(18-10-7-9-15(18)2)16-11-13-17(14-12-16)20(3,4)5/h6,8,11-14H,2,7,9-10H2,1,3-5H3/b8-6-,19-18+. The van der Waals surface area contributed by atoms with E-state index in [2.05, 4.69) is 70.7 Å². The van der Waals surface area contributed by atoms with Gasteiger partial charge in [0.2, 0.25) is 0 Å². The molecule has 1 aliphatic rings. The van der Waals surface area contributed by atoms with Crippen LogP contribution >= 0.6 is 0 Å². The molecule has 0 saturated heterocycles. The highest BCUT2D eigenvalue weighted by atomic mass is 14.2. The third-order valence-electron chi connectivity index (χ3n) is 4.05. The van der Waals surface area contributed by atoms with Gasteiger partial charge < -0.3 is 0 Å². The highest BCUT2D eigenvalue weighted by Gasteiger charge is 2.17. The molecule has 0 heterocycles. The van der Waals surface area contributed by atoms with Gasteiger partial charge in [-0.15, -0.1) is 0 Å². The van der Waals surface area contributed by atoms with Crippen LogP contribution in [-0.2, 0) is 5.41 Å². The van der Waals surface area contributed by atoms with E-state index >= 15 is 0 Å². The van der Waals surface area contributed by atoms with E-state index in [-0.39, 0.29) is 5.41 Å². The van der Waals surface area contributed by atoms with Gasteiger partial charge >= 0.3 is 0 Å². The summed E-state index contributed by atoms with van der Waals surface area (Å²) >= 11 is 0. The molecule has 0 radical (unpaired) electrons. The van der Waals surface area contributed by atoms with Gasteiger partial charge in [0, 0.05) is 0 Å². The van der Waals surface area contributed by atoms with Crippen molar-refractivity contribution in [3.63, 3.8) is 0 Å². The van der Waals surface area contributed by atoms with Crippen LogP contribution in [0.5, 0.6) is 0 Å². The van der Waals surface area contributed by atoms with Crippen molar-refractivity contribution in [2.45, 2.75) is 52.4 Å². The summed E-state index contributed by atoms with van der Waals surface area (Å²) in [7, 11) is 0. The molecule has 1 aliphatic carbocycles. The Labute approximate surface area is 123 Å². The summed E-state index contributed by atoms with van der Waals surface area (Å²) in [5.41, 5.74) is 7.04. The Morgan fingerprint density at radius 1 is 1.10 bits per heavy atom. The molecule has 20 heavy (non-hydrogen) atoms. The predicted molar refractivity (Wildman–Crippen MR) is 89.9 cm³/mol. The number of hydrogen-bond donors (Lipinski definition) is 0. The van der Waals surface area contributed by atoms with Crippen LogP contribution in [-0.4, -0.2) is 0 Å². The number of rotatable bonds is 2. The molecule has 0 aliphatic heterocycles. The molecule has 0 atom stereocenters. The fourth-order valence-corrected chi connectivity index (χ4v) is 2.82. The second-order valence-corrected chi connectivity index (χ2v) is 6.68. The number of benzene rings is 1. The molecule has 0 unspecified atom stereocenters. The lowest BCUT2D eigenvalue weighted by Crippen LogP contribution is -2.10. The zero-order chi connectivity index (χ0) is 14.8. The van der Waals surface area contributed by atoms with Crippen molar-refractivity contribution in [3.8, 4) is 0 Å². The summed E-state index contributed by atoms with van der Waals surface area (Å²) in [4.78, 5) is 0. The Hall–Kier alpha value is -1.56. The molecule has 1 fully saturated rings. The van der Waals surface area contributed by atoms with Crippen LogP contribution in [0.25, 0.3) is 5.57 Å². The van der Waals surface area contributed by atoms with Gasteiger partial charge in [-0.05, 0) is 53.9 Å². The average molecular weight is 266 g/mol. The van der Waals surface area contributed by atoms with Crippen LogP contribution in [0.3, 0.4) is 0 Å². The van der Waals surface area contributed by atoms with Crippen molar-refractivity contribution in [2.75, 3.05) is 0 Å². The first-order valence-corrected chi connectivity index (χ1v) is 7.58. The second-order valence-electron chi connectivity index (χ2n) is 6.68. The number of allylic oxidation sites excluding steroid dienone is 5. The Morgan fingerprint density at radius 3 is 2.20 bits per heavy atom. The van der Waals surface area contributed by atoms with Crippen molar-refractivity contribution in [1.29, 1.82) is 0 Å². The summed E-state index contributed by atoms with van der Waals surface area (Å²) in [6.07, 6.45) is 7.93. The maximum Gasteiger partial charge on any atom is -0.0132 e. The zero-order valence-corrected chi connectivity index (χ0v) is 13.3. The third kappa shape index (κ3) is 3.12. The first-order chi connectivity index (χ1) is 9.43. The minimum Gasteiger partial charge on any atom is -0.0955 e. The Balaban J connectivity index is 2.44. The van der Waals surface area contributed by atoms with E-state index in [1.807, 2.05) is 0 Å². The monoisotopic (exact) mass is 266 g/mol. The molecule has 1 aromatic rings. The minimum absolute atomic E-state index is 0.212. The molecular weight excluding hydrogens is 240 g/mol. The van der Waals surface area contributed by atoms with Crippen molar-refractivity contribution in [3.05, 3.63) is 65.3 Å². The van der Waals surface area contributed by atoms with E-state index in [4.69, 9.17) is 0 Å². The zero-order valence-electron chi connectivity index (χ0n) is 13.3. The summed E-state index contributed by atoms with van der Waals surface area (Å²) < 4.78 is 0. The Bertz CT molecular complexity index is 545. The lowest BCUT2D eigenvalue weighted by molar-refractivity contribution is 0.590. The molecule has 0 aromatic heterocycles. The van der Waals surface area contributed by atoms with Crippen LogP contribution in [0.1, 0.15) is 58.1 Å². The largest absolute Gasteiger partial charge is 0.0955 e. The van der Waals surface area contributed by atoms with Crippen molar-refractivity contribution >= 4 is 5.57 Å². The lowest BCUT2D eigenvalue weighted by atomic mass is 9.85. The van der Waals surface area contributed by atoms with Gasteiger partial charge in [-0.2, -0.15) is 0 Å². The van der Waals surface area contributed by atoms with Gasteiger partial charge in [0.1, 0.15) is 0 Å². The van der Waals surface area contributed by atoms with Crippen LogP contribution in [0.2, 0.25) is 0 Å². The third-order valence-corrected chi connectivity index (χ3v) is 4.05. The maximum absolute atomic E-state index is 4.23. The van der Waals surface area contributed by atoms with Gasteiger partial charge in [0.25, 0.3) is 0 Å². The van der Waals surface area contributed by atoms with Crippen molar-refractivity contribution in [2.24, 2.45) is 0 Å². The summed E-state index contributed by atoms with van der Waals surface area (Å²) in [5.74, 6) is 0. The number of hydrogen-bond acceptors (Lipinski definition) is 0. The molecule has 2 rings (SSSR count). The Morgan fingerprint density at radius 2 is 1.75 bits per heavy atom. The van der Waals surface area contributed by atoms with E-state index in [9.17, 15) is 0 Å². The molecule has 0 nitrogen and oxygen atoms in total. The van der Waals surface area contributed by atoms with E-state index in [1.54, 1.807) is 0 Å². The molecule has 0 spiro atoms. The van der Waals surface area contributed by atoms with E-state index < -0.39 is 0 Å². The fraction of sp³-hybridized carbons (Fsp3) is 0.400. The predicted octanol–water partition coefficient (Wildman–Crippen LogP) is 6.05. The maximum atomic E-state index is 4.23. The van der Waals surface area contributed by atoms with Crippen LogP contribution in [0.15, 0.2) is 54.1 Å². The molecule has 0 bridgehead atoms. The van der Waals surface area contributed by atoms with Crippen LogP contribution in [0, 0.1) is 0 Å². The molecule has 1 saturated carbocycles. The van der Waals surface area contributed by atoms with Gasteiger partial charge in [-0.1, -0.05) is 69.3 Å². The average Bonchev–Trinajstić information content (AvgIpc) is 2.81. The first kappa shape index (κ1) is 14.8. The topological polar surface area (TPSA) is 0 Å². The van der Waals surface area contributed by atoms with Crippen molar-refractivity contribution in [1.82, 2.24) is 0 Å². The van der Waals surface area contributed by atoms with Gasteiger partial charge in [-0.25, -0.2) is 0 Å². The first-order valence-electron chi connectivity index (χ1n) is 7.58. The summed E-state index contributed by atoms with van der Waals surface area (Å²) in [6.45, 7) is 13.1. The SMILES string of the molecule is C=C1CCC/C1=C(/C=C\C)c1ccc(C(C)(C)C)cc1. The summed E-state index contributed by atoms with van der Waals surface area (Å²) in [5, 5.41) is 0. The molecular formula is C20H26.